The molecule has 6 nitrogen and oxygen atoms in total. The predicted octanol–water partition coefficient (Wildman–Crippen LogP) is 2.84. The zero-order valence-corrected chi connectivity index (χ0v) is 15.8. The Hall–Kier alpha value is -2.63. The second kappa shape index (κ2) is 6.51. The number of hydrogen-bond donors (Lipinski definition) is 1. The molecule has 2 fully saturated rings. The van der Waals surface area contributed by atoms with Gasteiger partial charge in [-0.1, -0.05) is 18.2 Å². The monoisotopic (exact) mass is 367 g/mol. The number of hydrogen-bond acceptors (Lipinski definition) is 4. The molecule has 142 valence electrons. The van der Waals surface area contributed by atoms with Crippen LogP contribution in [0, 0.1) is 12.3 Å². The minimum Gasteiger partial charge on any atom is -0.480 e. The maximum atomic E-state index is 11.9. The Morgan fingerprint density at radius 1 is 1.22 bits per heavy atom. The van der Waals surface area contributed by atoms with Crippen LogP contribution in [-0.2, 0) is 9.59 Å². The van der Waals surface area contributed by atoms with Crippen molar-refractivity contribution < 1.29 is 14.7 Å². The molecule has 1 amide bonds. The number of piperidine rings is 1. The molecule has 2 aliphatic heterocycles. The summed E-state index contributed by atoms with van der Waals surface area (Å²) in [6, 6.07) is 9.61. The summed E-state index contributed by atoms with van der Waals surface area (Å²) in [5.41, 5.74) is 2.13. The van der Waals surface area contributed by atoms with E-state index in [4.69, 9.17) is 4.98 Å². The van der Waals surface area contributed by atoms with Crippen LogP contribution in [0.5, 0.6) is 0 Å². The van der Waals surface area contributed by atoms with Gasteiger partial charge in [0.05, 0.1) is 5.52 Å². The van der Waals surface area contributed by atoms with E-state index >= 15 is 0 Å². The highest BCUT2D eigenvalue weighted by atomic mass is 16.4. The van der Waals surface area contributed by atoms with Crippen LogP contribution < -0.4 is 4.90 Å². The van der Waals surface area contributed by atoms with Gasteiger partial charge in [-0.05, 0) is 49.3 Å². The Morgan fingerprint density at radius 2 is 1.93 bits per heavy atom. The topological polar surface area (TPSA) is 73.7 Å². The highest BCUT2D eigenvalue weighted by molar-refractivity contribution is 5.84. The Balaban J connectivity index is 1.53. The molecule has 1 spiro atoms. The maximum Gasteiger partial charge on any atom is 0.326 e. The van der Waals surface area contributed by atoms with Crippen LogP contribution in [0.25, 0.3) is 10.9 Å². The van der Waals surface area contributed by atoms with Crippen LogP contribution >= 0.6 is 0 Å². The van der Waals surface area contributed by atoms with Crippen LogP contribution in [-0.4, -0.2) is 52.5 Å². The van der Waals surface area contributed by atoms with Gasteiger partial charge in [-0.15, -0.1) is 0 Å². The number of aryl methyl sites for hydroxylation is 1. The van der Waals surface area contributed by atoms with Gasteiger partial charge in [-0.3, -0.25) is 4.79 Å². The largest absolute Gasteiger partial charge is 0.480 e. The van der Waals surface area contributed by atoms with Crippen molar-refractivity contribution in [2.45, 2.75) is 39.2 Å². The highest BCUT2D eigenvalue weighted by Gasteiger charge is 2.49. The molecule has 27 heavy (non-hydrogen) atoms. The van der Waals surface area contributed by atoms with Crippen molar-refractivity contribution >= 4 is 28.6 Å². The first-order chi connectivity index (χ1) is 12.9. The second-order valence-electron chi connectivity index (χ2n) is 8.01. The number of nitrogens with zero attached hydrogens (tertiary/aromatic N) is 3. The number of aliphatic carboxylic acids is 1. The van der Waals surface area contributed by atoms with Crippen molar-refractivity contribution in [1.29, 1.82) is 0 Å². The van der Waals surface area contributed by atoms with E-state index in [9.17, 15) is 14.7 Å². The first-order valence-corrected chi connectivity index (χ1v) is 9.50. The van der Waals surface area contributed by atoms with Gasteiger partial charge < -0.3 is 14.9 Å². The molecule has 1 aromatic heterocycles. The third-order valence-corrected chi connectivity index (χ3v) is 6.26. The average molecular weight is 367 g/mol. The SMILES string of the molecule is CC(=O)N1CC2(CCN(c3cc(C)c4ccccc4n3)CC2)CC1C(=O)O. The lowest BCUT2D eigenvalue weighted by molar-refractivity contribution is -0.147. The summed E-state index contributed by atoms with van der Waals surface area (Å²) in [5, 5.41) is 10.7. The number of amides is 1. The van der Waals surface area contributed by atoms with Gasteiger partial charge in [-0.2, -0.15) is 0 Å². The van der Waals surface area contributed by atoms with E-state index < -0.39 is 12.0 Å². The average Bonchev–Trinajstić information content (AvgIpc) is 3.02. The Labute approximate surface area is 158 Å². The molecular weight excluding hydrogens is 342 g/mol. The molecule has 6 heteroatoms. The lowest BCUT2D eigenvalue weighted by Crippen LogP contribution is -2.42. The fourth-order valence-corrected chi connectivity index (χ4v) is 4.67. The number of carbonyl (C=O) groups is 2. The van der Waals surface area contributed by atoms with Gasteiger partial charge in [0, 0.05) is 31.9 Å². The molecule has 1 atom stereocenters. The molecule has 2 aliphatic rings. The molecule has 0 aliphatic carbocycles. The summed E-state index contributed by atoms with van der Waals surface area (Å²) < 4.78 is 0. The van der Waals surface area contributed by atoms with Crippen LogP contribution in [0.3, 0.4) is 0 Å². The summed E-state index contributed by atoms with van der Waals surface area (Å²) in [7, 11) is 0. The first kappa shape index (κ1) is 17.8. The summed E-state index contributed by atoms with van der Waals surface area (Å²) in [6.45, 7) is 5.80. The van der Waals surface area contributed by atoms with Gasteiger partial charge in [-0.25, -0.2) is 9.78 Å². The third kappa shape index (κ3) is 3.13. The number of anilines is 1. The lowest BCUT2D eigenvalue weighted by Gasteiger charge is -2.39. The molecule has 1 aromatic carbocycles. The number of carbonyl (C=O) groups excluding carboxylic acids is 1. The fraction of sp³-hybridized carbons (Fsp3) is 0.476. The summed E-state index contributed by atoms with van der Waals surface area (Å²) >= 11 is 0. The van der Waals surface area contributed by atoms with Gasteiger partial charge in [0.25, 0.3) is 0 Å². The van der Waals surface area contributed by atoms with Crippen LogP contribution in [0.2, 0.25) is 0 Å². The molecule has 4 rings (SSSR count). The number of para-hydroxylation sites is 1. The Bertz CT molecular complexity index is 879. The molecule has 2 aromatic rings. The summed E-state index contributed by atoms with van der Waals surface area (Å²) in [5.74, 6) is -0.0536. The van der Waals surface area contributed by atoms with Gasteiger partial charge in [0.15, 0.2) is 0 Å². The summed E-state index contributed by atoms with van der Waals surface area (Å²) in [6.07, 6.45) is 2.32. The predicted molar refractivity (Wildman–Crippen MR) is 104 cm³/mol. The van der Waals surface area contributed by atoms with Crippen molar-refractivity contribution in [3.63, 3.8) is 0 Å². The summed E-state index contributed by atoms with van der Waals surface area (Å²) in [4.78, 5) is 32.1. The fourth-order valence-electron chi connectivity index (χ4n) is 4.67. The van der Waals surface area contributed by atoms with E-state index in [2.05, 4.69) is 24.0 Å². The molecule has 3 heterocycles. The quantitative estimate of drug-likeness (QED) is 0.884. The standard InChI is InChI=1S/C21H25N3O3/c1-14-11-19(22-17-6-4-3-5-16(14)17)23-9-7-21(8-10-23)12-18(20(26)27)24(13-21)15(2)25/h3-6,11,18H,7-10,12-13H2,1-2H3,(H,26,27). The van der Waals surface area contributed by atoms with Crippen LogP contribution in [0.15, 0.2) is 30.3 Å². The van der Waals surface area contributed by atoms with Gasteiger partial charge in [0.1, 0.15) is 11.9 Å². The van der Waals surface area contributed by atoms with Crippen LogP contribution in [0.1, 0.15) is 31.7 Å². The third-order valence-electron chi connectivity index (χ3n) is 6.26. The number of aromatic nitrogens is 1. The Kier molecular flexibility index (Phi) is 4.29. The second-order valence-corrected chi connectivity index (χ2v) is 8.01. The van der Waals surface area contributed by atoms with Gasteiger partial charge in [0.2, 0.25) is 5.91 Å². The normalized spacial score (nSPS) is 21.8. The van der Waals surface area contributed by atoms with Crippen molar-refractivity contribution in [3.05, 3.63) is 35.9 Å². The van der Waals surface area contributed by atoms with Crippen molar-refractivity contribution in [1.82, 2.24) is 9.88 Å². The van der Waals surface area contributed by atoms with Crippen molar-refractivity contribution in [2.75, 3.05) is 24.5 Å². The van der Waals surface area contributed by atoms with E-state index in [1.807, 2.05) is 18.2 Å². The van der Waals surface area contributed by atoms with E-state index in [-0.39, 0.29) is 11.3 Å². The smallest absolute Gasteiger partial charge is 0.326 e. The van der Waals surface area contributed by atoms with E-state index in [1.165, 1.54) is 22.8 Å². The zero-order valence-electron chi connectivity index (χ0n) is 15.8. The maximum absolute atomic E-state index is 11.9. The van der Waals surface area contributed by atoms with E-state index in [1.54, 1.807) is 0 Å². The first-order valence-electron chi connectivity index (χ1n) is 9.50. The molecule has 0 radical (unpaired) electrons. The van der Waals surface area contributed by atoms with Gasteiger partial charge >= 0.3 is 5.97 Å². The molecule has 1 N–H and O–H groups in total. The minimum absolute atomic E-state index is 0.0862. The van der Waals surface area contributed by atoms with Crippen LogP contribution in [0.4, 0.5) is 5.82 Å². The molecule has 0 bridgehead atoms. The molecular formula is C21H25N3O3. The number of benzene rings is 1. The van der Waals surface area contributed by atoms with E-state index in [0.717, 1.165) is 37.3 Å². The Morgan fingerprint density at radius 3 is 2.56 bits per heavy atom. The number of pyridine rings is 1. The van der Waals surface area contributed by atoms with E-state index in [0.29, 0.717) is 13.0 Å². The number of likely N-dealkylation sites (tertiary alicyclic amines) is 1. The van der Waals surface area contributed by atoms with Crippen molar-refractivity contribution in [3.8, 4) is 0 Å². The molecule has 1 unspecified atom stereocenters. The number of carboxylic acid groups (broad SMARTS) is 1. The number of carboxylic acids is 1. The number of fused-ring (bicyclic) bond motifs is 1. The lowest BCUT2D eigenvalue weighted by atomic mass is 9.76. The number of rotatable bonds is 2. The van der Waals surface area contributed by atoms with Crippen molar-refractivity contribution in [2.24, 2.45) is 5.41 Å². The molecule has 2 saturated heterocycles. The molecule has 0 saturated carbocycles. The highest BCUT2D eigenvalue weighted by Crippen LogP contribution is 2.44. The zero-order chi connectivity index (χ0) is 19.2. The minimum atomic E-state index is -0.892.